The third-order valence-electron chi connectivity index (χ3n) is 5.06. The van der Waals surface area contributed by atoms with E-state index in [9.17, 15) is 4.79 Å². The molecule has 2 heterocycles. The van der Waals surface area contributed by atoms with Gasteiger partial charge in [-0.05, 0) is 31.4 Å². The summed E-state index contributed by atoms with van der Waals surface area (Å²) in [7, 11) is 3.23. The Hall–Kier alpha value is -2.38. The van der Waals surface area contributed by atoms with Gasteiger partial charge in [0.15, 0.2) is 0 Å². The quantitative estimate of drug-likeness (QED) is 0.762. The van der Waals surface area contributed by atoms with Gasteiger partial charge in [-0.1, -0.05) is 0 Å². The molecule has 4 rings (SSSR count). The molecule has 2 aromatic heterocycles. The minimum atomic E-state index is -0.0109. The second kappa shape index (κ2) is 6.74. The number of ether oxygens (including phenoxy) is 2. The minimum absolute atomic E-state index is 0.0109. The maximum absolute atomic E-state index is 13.2. The summed E-state index contributed by atoms with van der Waals surface area (Å²) in [6.45, 7) is 0. The molecule has 1 aliphatic carbocycles. The van der Waals surface area contributed by atoms with Gasteiger partial charge in [0, 0.05) is 34.7 Å². The highest BCUT2D eigenvalue weighted by Crippen LogP contribution is 2.38. The lowest BCUT2D eigenvalue weighted by atomic mass is 10.0. The van der Waals surface area contributed by atoms with E-state index < -0.39 is 0 Å². The monoisotopic (exact) mass is 371 g/mol. The Morgan fingerprint density at radius 1 is 1.23 bits per heavy atom. The lowest BCUT2D eigenvalue weighted by Crippen LogP contribution is -2.25. The summed E-state index contributed by atoms with van der Waals surface area (Å²) in [5.74, 6) is 1.38. The van der Waals surface area contributed by atoms with Crippen molar-refractivity contribution in [3.8, 4) is 22.6 Å². The van der Waals surface area contributed by atoms with Crippen LogP contribution in [0.15, 0.2) is 34.7 Å². The molecule has 0 bridgehead atoms. The fourth-order valence-electron chi connectivity index (χ4n) is 3.67. The van der Waals surface area contributed by atoms with Crippen LogP contribution < -0.4 is 20.8 Å². The summed E-state index contributed by atoms with van der Waals surface area (Å²) < 4.78 is 12.5. The van der Waals surface area contributed by atoms with E-state index in [1.54, 1.807) is 25.1 Å². The van der Waals surface area contributed by atoms with Gasteiger partial charge in [-0.15, -0.1) is 11.3 Å². The van der Waals surface area contributed by atoms with Crippen molar-refractivity contribution in [3.05, 3.63) is 40.3 Å². The van der Waals surface area contributed by atoms with E-state index in [1.165, 1.54) is 11.3 Å². The molecule has 0 amide bonds. The number of hydrogen-bond donors (Lipinski definition) is 1. The smallest absolute Gasteiger partial charge is 0.262 e. The van der Waals surface area contributed by atoms with Gasteiger partial charge in [-0.2, -0.15) is 0 Å². The number of fused-ring (bicyclic) bond motifs is 1. The summed E-state index contributed by atoms with van der Waals surface area (Å²) in [6.07, 6.45) is 4.34. The van der Waals surface area contributed by atoms with Crippen molar-refractivity contribution in [2.75, 3.05) is 14.2 Å². The lowest BCUT2D eigenvalue weighted by molar-refractivity contribution is 0.395. The number of benzene rings is 1. The Morgan fingerprint density at radius 3 is 2.77 bits per heavy atom. The summed E-state index contributed by atoms with van der Waals surface area (Å²) in [6, 6.07) is 5.89. The van der Waals surface area contributed by atoms with Gasteiger partial charge in [-0.3, -0.25) is 9.36 Å². The van der Waals surface area contributed by atoms with Crippen LogP contribution in [0.2, 0.25) is 0 Å². The lowest BCUT2D eigenvalue weighted by Gasteiger charge is -2.14. The van der Waals surface area contributed by atoms with E-state index in [0.29, 0.717) is 16.9 Å². The molecule has 1 aliphatic rings. The Bertz CT molecular complexity index is 1010. The van der Waals surface area contributed by atoms with Crippen LogP contribution in [0.3, 0.4) is 0 Å². The van der Waals surface area contributed by atoms with Gasteiger partial charge >= 0.3 is 0 Å². The number of thiophene rings is 1. The van der Waals surface area contributed by atoms with Gasteiger partial charge < -0.3 is 15.2 Å². The van der Waals surface area contributed by atoms with Crippen LogP contribution in [-0.2, 0) is 0 Å². The minimum Gasteiger partial charge on any atom is -0.497 e. The summed E-state index contributed by atoms with van der Waals surface area (Å²) >= 11 is 1.47. The summed E-state index contributed by atoms with van der Waals surface area (Å²) in [4.78, 5) is 18.5. The first kappa shape index (κ1) is 17.1. The average molecular weight is 371 g/mol. The van der Waals surface area contributed by atoms with Gasteiger partial charge in [0.25, 0.3) is 5.56 Å². The Balaban J connectivity index is 1.88. The normalized spacial score (nSPS) is 19.8. The molecular weight excluding hydrogens is 350 g/mol. The third kappa shape index (κ3) is 2.77. The number of nitrogens with zero attached hydrogens (tertiary/aromatic N) is 2. The van der Waals surface area contributed by atoms with Crippen LogP contribution in [0.1, 0.15) is 25.3 Å². The zero-order valence-electron chi connectivity index (χ0n) is 14.8. The first-order valence-corrected chi connectivity index (χ1v) is 9.46. The van der Waals surface area contributed by atoms with Crippen molar-refractivity contribution in [1.29, 1.82) is 0 Å². The van der Waals surface area contributed by atoms with Gasteiger partial charge in [0.05, 0.1) is 25.9 Å². The van der Waals surface area contributed by atoms with E-state index in [4.69, 9.17) is 15.2 Å². The standard InChI is InChI=1S/C19H21N3O3S/c1-24-13-5-6-14(16(8-13)25-2)15-9-26-18-17(15)19(23)22(10-21-18)12-4-3-11(20)7-12/h5-6,8-12H,3-4,7,20H2,1-2H3/t11-,12-/m1/s1. The topological polar surface area (TPSA) is 79.4 Å². The maximum Gasteiger partial charge on any atom is 0.262 e. The molecule has 1 fully saturated rings. The molecule has 136 valence electrons. The third-order valence-corrected chi connectivity index (χ3v) is 5.94. The van der Waals surface area contributed by atoms with Crippen molar-refractivity contribution in [1.82, 2.24) is 9.55 Å². The van der Waals surface area contributed by atoms with Crippen LogP contribution in [-0.4, -0.2) is 29.8 Å². The fraction of sp³-hybridized carbons (Fsp3) is 0.368. The van der Waals surface area contributed by atoms with Crippen LogP contribution in [0.4, 0.5) is 0 Å². The SMILES string of the molecule is COc1ccc(-c2csc3ncn([C@@H]4CC[C@@H](N)C4)c(=O)c23)c(OC)c1. The predicted octanol–water partition coefficient (Wildman–Crippen LogP) is 3.19. The van der Waals surface area contributed by atoms with E-state index in [1.807, 2.05) is 23.6 Å². The zero-order chi connectivity index (χ0) is 18.3. The highest BCUT2D eigenvalue weighted by molar-refractivity contribution is 7.17. The molecule has 0 unspecified atom stereocenters. The molecule has 6 nitrogen and oxygen atoms in total. The molecular formula is C19H21N3O3S. The van der Waals surface area contributed by atoms with Crippen molar-refractivity contribution < 1.29 is 9.47 Å². The maximum atomic E-state index is 13.2. The largest absolute Gasteiger partial charge is 0.497 e. The first-order chi connectivity index (χ1) is 12.6. The molecule has 0 spiro atoms. The Morgan fingerprint density at radius 2 is 2.08 bits per heavy atom. The van der Waals surface area contributed by atoms with Crippen LogP contribution in [0.5, 0.6) is 11.5 Å². The predicted molar refractivity (Wildman–Crippen MR) is 103 cm³/mol. The van der Waals surface area contributed by atoms with E-state index >= 15 is 0 Å². The number of aromatic nitrogens is 2. The van der Waals surface area contributed by atoms with Crippen LogP contribution in [0.25, 0.3) is 21.3 Å². The fourth-order valence-corrected chi connectivity index (χ4v) is 4.57. The molecule has 0 saturated heterocycles. The number of rotatable bonds is 4. The Kier molecular flexibility index (Phi) is 4.42. The van der Waals surface area contributed by atoms with Crippen molar-refractivity contribution >= 4 is 21.6 Å². The molecule has 1 saturated carbocycles. The van der Waals surface area contributed by atoms with E-state index in [0.717, 1.165) is 35.2 Å². The molecule has 7 heteroatoms. The number of methoxy groups -OCH3 is 2. The highest BCUT2D eigenvalue weighted by atomic mass is 32.1. The van der Waals surface area contributed by atoms with Crippen LogP contribution >= 0.6 is 11.3 Å². The molecule has 0 radical (unpaired) electrons. The molecule has 2 atom stereocenters. The molecule has 0 aliphatic heterocycles. The molecule has 2 N–H and O–H groups in total. The molecule has 26 heavy (non-hydrogen) atoms. The second-order valence-corrected chi connectivity index (χ2v) is 7.44. The second-order valence-electron chi connectivity index (χ2n) is 6.58. The summed E-state index contributed by atoms with van der Waals surface area (Å²) in [5, 5.41) is 2.61. The van der Waals surface area contributed by atoms with Crippen molar-refractivity contribution in [3.63, 3.8) is 0 Å². The molecule has 1 aromatic carbocycles. The van der Waals surface area contributed by atoms with Crippen molar-refractivity contribution in [2.45, 2.75) is 31.3 Å². The van der Waals surface area contributed by atoms with E-state index in [-0.39, 0.29) is 17.6 Å². The number of nitrogens with two attached hydrogens (primary N) is 1. The van der Waals surface area contributed by atoms with Gasteiger partial charge in [-0.25, -0.2) is 4.98 Å². The van der Waals surface area contributed by atoms with Gasteiger partial charge in [0.2, 0.25) is 0 Å². The van der Waals surface area contributed by atoms with E-state index in [2.05, 4.69) is 4.98 Å². The van der Waals surface area contributed by atoms with Crippen LogP contribution in [0, 0.1) is 0 Å². The Labute approximate surface area is 155 Å². The summed E-state index contributed by atoms with van der Waals surface area (Å²) in [5.41, 5.74) is 7.72. The average Bonchev–Trinajstić information content (AvgIpc) is 3.28. The van der Waals surface area contributed by atoms with Crippen molar-refractivity contribution in [2.24, 2.45) is 5.73 Å². The molecule has 3 aromatic rings. The zero-order valence-corrected chi connectivity index (χ0v) is 15.6. The highest BCUT2D eigenvalue weighted by Gasteiger charge is 2.26. The first-order valence-electron chi connectivity index (χ1n) is 8.58. The van der Waals surface area contributed by atoms with Gasteiger partial charge in [0.1, 0.15) is 16.3 Å². The number of hydrogen-bond acceptors (Lipinski definition) is 6.